The number of nitrogens with zero attached hydrogens (tertiary/aromatic N) is 1. The number of hydrogen-bond acceptors (Lipinski definition) is 4. The van der Waals surface area contributed by atoms with Crippen molar-refractivity contribution in [2.24, 2.45) is 5.92 Å². The van der Waals surface area contributed by atoms with E-state index >= 15 is 0 Å². The second kappa shape index (κ2) is 12.0. The van der Waals surface area contributed by atoms with Crippen LogP contribution in [0.3, 0.4) is 0 Å². The number of nitrogens with one attached hydrogen (secondary N) is 1. The van der Waals surface area contributed by atoms with Crippen molar-refractivity contribution in [1.29, 1.82) is 0 Å². The summed E-state index contributed by atoms with van der Waals surface area (Å²) in [4.78, 5) is 13.0. The van der Waals surface area contributed by atoms with Crippen LogP contribution in [0.4, 0.5) is 0 Å². The lowest BCUT2D eigenvalue weighted by molar-refractivity contribution is -0.126. The van der Waals surface area contributed by atoms with Crippen LogP contribution in [0.5, 0.6) is 0 Å². The van der Waals surface area contributed by atoms with E-state index < -0.39 is 10.0 Å². The molecular formula is C27H38N2O4S. The largest absolute Gasteiger partial charge is 0.381 e. The number of hydrogen-bond donors (Lipinski definition) is 1. The zero-order chi connectivity index (χ0) is 24.7. The standard InChI is InChI=1S/C27H38N2O4S/c1-20-19-21(2)23(4)26(22(20)3)34(31,32)29-15-11-25(12-16-29)27(30)28-14-8-17-33-18-13-24-9-6-5-7-10-24/h5-7,9-10,19,25H,8,11-18H2,1-4H3,(H,28,30). The fourth-order valence-electron chi connectivity index (χ4n) is 4.52. The van der Waals surface area contributed by atoms with Gasteiger partial charge in [-0.15, -0.1) is 0 Å². The number of sulfonamides is 1. The molecule has 1 saturated heterocycles. The number of rotatable bonds is 10. The molecule has 0 atom stereocenters. The maximum Gasteiger partial charge on any atom is 0.243 e. The molecule has 1 amide bonds. The van der Waals surface area contributed by atoms with E-state index in [1.54, 1.807) is 4.31 Å². The van der Waals surface area contributed by atoms with Gasteiger partial charge in [0, 0.05) is 32.2 Å². The van der Waals surface area contributed by atoms with Crippen LogP contribution in [0.2, 0.25) is 0 Å². The summed E-state index contributed by atoms with van der Waals surface area (Å²) in [6.45, 7) is 10.2. The molecule has 2 aromatic rings. The Morgan fingerprint density at radius 1 is 1.00 bits per heavy atom. The quantitative estimate of drug-likeness (QED) is 0.514. The van der Waals surface area contributed by atoms with Crippen molar-refractivity contribution in [3.05, 3.63) is 64.2 Å². The Kier molecular flexibility index (Phi) is 9.28. The molecule has 1 aliphatic rings. The van der Waals surface area contributed by atoms with Gasteiger partial charge >= 0.3 is 0 Å². The molecule has 1 N–H and O–H groups in total. The Morgan fingerprint density at radius 3 is 2.24 bits per heavy atom. The summed E-state index contributed by atoms with van der Waals surface area (Å²) in [5.74, 6) is -0.132. The zero-order valence-electron chi connectivity index (χ0n) is 20.9. The summed E-state index contributed by atoms with van der Waals surface area (Å²) < 4.78 is 34.0. The van der Waals surface area contributed by atoms with E-state index in [-0.39, 0.29) is 11.8 Å². The minimum atomic E-state index is -3.58. The van der Waals surface area contributed by atoms with Crippen LogP contribution >= 0.6 is 0 Å². The third kappa shape index (κ3) is 6.46. The van der Waals surface area contributed by atoms with Crippen molar-refractivity contribution in [1.82, 2.24) is 9.62 Å². The summed E-state index contributed by atoms with van der Waals surface area (Å²) in [5.41, 5.74) is 4.86. The molecule has 0 bridgehead atoms. The first-order valence-electron chi connectivity index (χ1n) is 12.2. The van der Waals surface area contributed by atoms with E-state index in [0.717, 1.165) is 35.1 Å². The lowest BCUT2D eigenvalue weighted by Crippen LogP contribution is -2.43. The highest BCUT2D eigenvalue weighted by Gasteiger charge is 2.34. The zero-order valence-corrected chi connectivity index (χ0v) is 21.7. The number of ether oxygens (including phenoxy) is 1. The predicted octanol–water partition coefficient (Wildman–Crippen LogP) is 4.09. The van der Waals surface area contributed by atoms with Crippen molar-refractivity contribution in [3.8, 4) is 0 Å². The summed E-state index contributed by atoms with van der Waals surface area (Å²) in [7, 11) is -3.58. The predicted molar refractivity (Wildman–Crippen MR) is 135 cm³/mol. The molecule has 0 aromatic heterocycles. The highest BCUT2D eigenvalue weighted by molar-refractivity contribution is 7.89. The monoisotopic (exact) mass is 486 g/mol. The number of carbonyl (C=O) groups excluding carboxylic acids is 1. The number of amides is 1. The van der Waals surface area contributed by atoms with E-state index in [4.69, 9.17) is 4.74 Å². The maximum atomic E-state index is 13.4. The SMILES string of the molecule is Cc1cc(C)c(C)c(S(=O)(=O)N2CCC(C(=O)NCCCOCCc3ccccc3)CC2)c1C. The molecule has 1 fully saturated rings. The Hall–Kier alpha value is -2.22. The molecule has 0 spiro atoms. The fourth-order valence-corrected chi connectivity index (χ4v) is 6.57. The van der Waals surface area contributed by atoms with E-state index in [1.807, 2.05) is 52.0 Å². The van der Waals surface area contributed by atoms with Crippen LogP contribution in [0, 0.1) is 33.6 Å². The lowest BCUT2D eigenvalue weighted by Gasteiger charge is -2.31. The molecule has 2 aromatic carbocycles. The van der Waals surface area contributed by atoms with E-state index in [1.165, 1.54) is 5.56 Å². The van der Waals surface area contributed by atoms with Gasteiger partial charge in [0.2, 0.25) is 15.9 Å². The minimum Gasteiger partial charge on any atom is -0.381 e. The van der Waals surface area contributed by atoms with Gasteiger partial charge < -0.3 is 10.1 Å². The van der Waals surface area contributed by atoms with Gasteiger partial charge in [-0.25, -0.2) is 8.42 Å². The van der Waals surface area contributed by atoms with Gasteiger partial charge in [-0.2, -0.15) is 4.31 Å². The minimum absolute atomic E-state index is 0.0140. The highest BCUT2D eigenvalue weighted by Crippen LogP contribution is 2.31. The van der Waals surface area contributed by atoms with Crippen LogP contribution in [0.15, 0.2) is 41.3 Å². The topological polar surface area (TPSA) is 75.7 Å². The van der Waals surface area contributed by atoms with Crippen LogP contribution < -0.4 is 5.32 Å². The van der Waals surface area contributed by atoms with Gasteiger partial charge in [0.05, 0.1) is 11.5 Å². The molecule has 186 valence electrons. The normalized spacial score (nSPS) is 15.4. The maximum absolute atomic E-state index is 13.4. The molecule has 0 aliphatic carbocycles. The van der Waals surface area contributed by atoms with Gasteiger partial charge in [0.1, 0.15) is 0 Å². The van der Waals surface area contributed by atoms with Crippen LogP contribution in [0.1, 0.15) is 47.1 Å². The van der Waals surface area contributed by atoms with Crippen molar-refractivity contribution in [2.75, 3.05) is 32.8 Å². The molecule has 3 rings (SSSR count). The van der Waals surface area contributed by atoms with Gasteiger partial charge in [-0.05, 0) is 81.2 Å². The number of carbonyl (C=O) groups is 1. The van der Waals surface area contributed by atoms with Crippen LogP contribution in [-0.2, 0) is 26.0 Å². The molecule has 6 nitrogen and oxygen atoms in total. The number of piperidine rings is 1. The smallest absolute Gasteiger partial charge is 0.243 e. The number of aryl methyl sites for hydroxylation is 2. The summed E-state index contributed by atoms with van der Waals surface area (Å²) >= 11 is 0. The van der Waals surface area contributed by atoms with Crippen LogP contribution in [0.25, 0.3) is 0 Å². The van der Waals surface area contributed by atoms with Gasteiger partial charge in [-0.1, -0.05) is 36.4 Å². The molecule has 7 heteroatoms. The summed E-state index contributed by atoms with van der Waals surface area (Å²) in [6.07, 6.45) is 2.73. The van der Waals surface area contributed by atoms with Crippen molar-refractivity contribution in [2.45, 2.75) is 58.3 Å². The van der Waals surface area contributed by atoms with Crippen LogP contribution in [-0.4, -0.2) is 51.5 Å². The third-order valence-electron chi connectivity index (χ3n) is 6.86. The Bertz CT molecular complexity index is 1050. The lowest BCUT2D eigenvalue weighted by atomic mass is 9.97. The second-order valence-corrected chi connectivity index (χ2v) is 11.1. The molecule has 34 heavy (non-hydrogen) atoms. The molecular weight excluding hydrogens is 448 g/mol. The van der Waals surface area contributed by atoms with E-state index in [9.17, 15) is 13.2 Å². The van der Waals surface area contributed by atoms with Gasteiger partial charge in [0.25, 0.3) is 0 Å². The molecule has 0 saturated carbocycles. The highest BCUT2D eigenvalue weighted by atomic mass is 32.2. The second-order valence-electron chi connectivity index (χ2n) is 9.26. The molecule has 1 heterocycles. The third-order valence-corrected chi connectivity index (χ3v) is 9.04. The van der Waals surface area contributed by atoms with E-state index in [0.29, 0.717) is 50.6 Å². The average molecular weight is 487 g/mol. The van der Waals surface area contributed by atoms with Crippen molar-refractivity contribution < 1.29 is 17.9 Å². The summed E-state index contributed by atoms with van der Waals surface area (Å²) in [6, 6.07) is 12.3. The van der Waals surface area contributed by atoms with E-state index in [2.05, 4.69) is 17.4 Å². The van der Waals surface area contributed by atoms with Crippen molar-refractivity contribution >= 4 is 15.9 Å². The average Bonchev–Trinajstić information content (AvgIpc) is 2.83. The van der Waals surface area contributed by atoms with Gasteiger partial charge in [0.15, 0.2) is 0 Å². The Morgan fingerprint density at radius 2 is 1.62 bits per heavy atom. The first kappa shape index (κ1) is 26.4. The first-order chi connectivity index (χ1) is 16.2. The molecule has 1 aliphatic heterocycles. The van der Waals surface area contributed by atoms with Gasteiger partial charge in [-0.3, -0.25) is 4.79 Å². The number of benzene rings is 2. The van der Waals surface area contributed by atoms with Crippen molar-refractivity contribution in [3.63, 3.8) is 0 Å². The summed E-state index contributed by atoms with van der Waals surface area (Å²) in [5, 5.41) is 2.99. The molecule has 0 radical (unpaired) electrons. The Labute approximate surface area is 204 Å². The molecule has 0 unspecified atom stereocenters. The fraction of sp³-hybridized carbons (Fsp3) is 0.519. The first-order valence-corrected chi connectivity index (χ1v) is 13.6. The Balaban J connectivity index is 1.41.